The molecule has 1 aromatic rings. The fraction of sp³-hybridized carbons (Fsp3) is 0.667. The minimum atomic E-state index is 0.623. The second-order valence-electron chi connectivity index (χ2n) is 6.37. The number of benzene rings is 1. The minimum Gasteiger partial charge on any atom is -0.315 e. The summed E-state index contributed by atoms with van der Waals surface area (Å²) in [7, 11) is 0. The standard InChI is InChI=1S/C18H30N2/c1-16(2)18(17-9-5-3-6-10-17)15-19-11-14-20-12-7-4-8-13-20/h3,5-6,9-10,16,18-19H,4,7-8,11-15H2,1-2H3. The molecule has 0 aliphatic carbocycles. The molecule has 20 heavy (non-hydrogen) atoms. The second-order valence-corrected chi connectivity index (χ2v) is 6.37. The number of rotatable bonds is 7. The largest absolute Gasteiger partial charge is 0.315 e. The van der Waals surface area contributed by atoms with Gasteiger partial charge in [-0.1, -0.05) is 50.6 Å². The lowest BCUT2D eigenvalue weighted by Gasteiger charge is -2.27. The smallest absolute Gasteiger partial charge is 0.0107 e. The van der Waals surface area contributed by atoms with E-state index >= 15 is 0 Å². The van der Waals surface area contributed by atoms with Crippen molar-refractivity contribution in [3.05, 3.63) is 35.9 Å². The summed E-state index contributed by atoms with van der Waals surface area (Å²) < 4.78 is 0. The van der Waals surface area contributed by atoms with Gasteiger partial charge < -0.3 is 10.2 Å². The van der Waals surface area contributed by atoms with Gasteiger partial charge in [0.15, 0.2) is 0 Å². The summed E-state index contributed by atoms with van der Waals surface area (Å²) in [6.45, 7) is 10.7. The Morgan fingerprint density at radius 2 is 1.75 bits per heavy atom. The molecule has 0 saturated carbocycles. The van der Waals surface area contributed by atoms with Crippen LogP contribution < -0.4 is 5.32 Å². The normalized spacial score (nSPS) is 18.4. The maximum Gasteiger partial charge on any atom is 0.0107 e. The Balaban J connectivity index is 1.72. The van der Waals surface area contributed by atoms with Crippen molar-refractivity contribution < 1.29 is 0 Å². The van der Waals surface area contributed by atoms with Crippen LogP contribution in [0.3, 0.4) is 0 Å². The summed E-state index contributed by atoms with van der Waals surface area (Å²) in [6, 6.07) is 10.9. The first kappa shape index (κ1) is 15.5. The van der Waals surface area contributed by atoms with E-state index in [-0.39, 0.29) is 0 Å². The van der Waals surface area contributed by atoms with Gasteiger partial charge >= 0.3 is 0 Å². The minimum absolute atomic E-state index is 0.623. The maximum absolute atomic E-state index is 3.67. The van der Waals surface area contributed by atoms with Gasteiger partial charge in [0.2, 0.25) is 0 Å². The summed E-state index contributed by atoms with van der Waals surface area (Å²) in [6.07, 6.45) is 4.20. The zero-order valence-corrected chi connectivity index (χ0v) is 13.1. The lowest BCUT2D eigenvalue weighted by Crippen LogP contribution is -2.37. The molecule has 1 unspecified atom stereocenters. The van der Waals surface area contributed by atoms with Crippen LogP contribution in [0, 0.1) is 5.92 Å². The van der Waals surface area contributed by atoms with Crippen LogP contribution in [-0.2, 0) is 0 Å². The van der Waals surface area contributed by atoms with Gasteiger partial charge in [-0.05, 0) is 43.3 Å². The van der Waals surface area contributed by atoms with Crippen LogP contribution in [0.2, 0.25) is 0 Å². The van der Waals surface area contributed by atoms with E-state index in [0.29, 0.717) is 11.8 Å². The van der Waals surface area contributed by atoms with Crippen molar-refractivity contribution in [2.45, 2.75) is 39.0 Å². The topological polar surface area (TPSA) is 15.3 Å². The number of likely N-dealkylation sites (tertiary alicyclic amines) is 1. The predicted octanol–water partition coefficient (Wildman–Crippen LogP) is 3.50. The van der Waals surface area contributed by atoms with Crippen LogP contribution in [0.5, 0.6) is 0 Å². The van der Waals surface area contributed by atoms with Crippen LogP contribution in [0.4, 0.5) is 0 Å². The lowest BCUT2D eigenvalue weighted by molar-refractivity contribution is 0.228. The summed E-state index contributed by atoms with van der Waals surface area (Å²) in [4.78, 5) is 2.60. The Hall–Kier alpha value is -0.860. The molecule has 1 fully saturated rings. The van der Waals surface area contributed by atoms with Crippen molar-refractivity contribution in [3.63, 3.8) is 0 Å². The highest BCUT2D eigenvalue weighted by Crippen LogP contribution is 2.23. The first-order valence-electron chi connectivity index (χ1n) is 8.25. The first-order chi connectivity index (χ1) is 9.77. The van der Waals surface area contributed by atoms with Gasteiger partial charge in [-0.2, -0.15) is 0 Å². The van der Waals surface area contributed by atoms with Gasteiger partial charge in [0, 0.05) is 19.6 Å². The third kappa shape index (κ3) is 4.92. The summed E-state index contributed by atoms with van der Waals surface area (Å²) >= 11 is 0. The van der Waals surface area contributed by atoms with Crippen LogP contribution in [0.1, 0.15) is 44.6 Å². The lowest BCUT2D eigenvalue weighted by atomic mass is 9.88. The van der Waals surface area contributed by atoms with E-state index in [2.05, 4.69) is 54.4 Å². The van der Waals surface area contributed by atoms with E-state index in [1.54, 1.807) is 0 Å². The molecule has 1 N–H and O–H groups in total. The molecule has 0 radical (unpaired) electrons. The number of hydrogen-bond donors (Lipinski definition) is 1. The Kier molecular flexibility index (Phi) is 6.55. The fourth-order valence-corrected chi connectivity index (χ4v) is 3.12. The van der Waals surface area contributed by atoms with Crippen molar-refractivity contribution in [2.24, 2.45) is 5.92 Å². The molecule has 1 aliphatic rings. The Bertz CT molecular complexity index is 355. The SMILES string of the molecule is CC(C)C(CNCCN1CCCCC1)c1ccccc1. The average molecular weight is 274 g/mol. The zero-order valence-electron chi connectivity index (χ0n) is 13.1. The van der Waals surface area contributed by atoms with Gasteiger partial charge in [-0.15, -0.1) is 0 Å². The molecule has 1 heterocycles. The van der Waals surface area contributed by atoms with Crippen LogP contribution >= 0.6 is 0 Å². The van der Waals surface area contributed by atoms with Crippen LogP contribution in [-0.4, -0.2) is 37.6 Å². The Morgan fingerprint density at radius 3 is 2.40 bits per heavy atom. The molecule has 0 spiro atoms. The van der Waals surface area contributed by atoms with Crippen molar-refractivity contribution in [2.75, 3.05) is 32.7 Å². The Labute approximate surface area is 124 Å². The first-order valence-corrected chi connectivity index (χ1v) is 8.25. The zero-order chi connectivity index (χ0) is 14.2. The number of nitrogens with one attached hydrogen (secondary N) is 1. The molecule has 2 rings (SSSR count). The van der Waals surface area contributed by atoms with Crippen molar-refractivity contribution >= 4 is 0 Å². The van der Waals surface area contributed by atoms with Crippen molar-refractivity contribution in [1.82, 2.24) is 10.2 Å². The van der Waals surface area contributed by atoms with Crippen LogP contribution in [0.15, 0.2) is 30.3 Å². The molecule has 0 amide bonds. The number of hydrogen-bond acceptors (Lipinski definition) is 2. The van der Waals surface area contributed by atoms with E-state index in [1.165, 1.54) is 44.5 Å². The highest BCUT2D eigenvalue weighted by atomic mass is 15.1. The number of nitrogens with zero attached hydrogens (tertiary/aromatic N) is 1. The van der Waals surface area contributed by atoms with Gasteiger partial charge in [0.1, 0.15) is 0 Å². The molecular weight excluding hydrogens is 244 g/mol. The molecule has 1 aromatic carbocycles. The average Bonchev–Trinajstić information content (AvgIpc) is 2.49. The monoisotopic (exact) mass is 274 g/mol. The quantitative estimate of drug-likeness (QED) is 0.766. The van der Waals surface area contributed by atoms with Gasteiger partial charge in [-0.25, -0.2) is 0 Å². The molecule has 0 bridgehead atoms. The maximum atomic E-state index is 3.67. The predicted molar refractivity (Wildman–Crippen MR) is 87.2 cm³/mol. The highest BCUT2D eigenvalue weighted by molar-refractivity contribution is 5.20. The third-order valence-electron chi connectivity index (χ3n) is 4.45. The molecule has 2 heteroatoms. The molecule has 112 valence electrons. The number of piperidine rings is 1. The van der Waals surface area contributed by atoms with Crippen LogP contribution in [0.25, 0.3) is 0 Å². The second kappa shape index (κ2) is 8.43. The molecule has 0 aromatic heterocycles. The molecule has 1 atom stereocenters. The van der Waals surface area contributed by atoms with Gasteiger partial charge in [0.25, 0.3) is 0 Å². The fourth-order valence-electron chi connectivity index (χ4n) is 3.12. The summed E-state index contributed by atoms with van der Waals surface area (Å²) in [5, 5.41) is 3.67. The van der Waals surface area contributed by atoms with E-state index in [0.717, 1.165) is 13.1 Å². The van der Waals surface area contributed by atoms with E-state index in [9.17, 15) is 0 Å². The van der Waals surface area contributed by atoms with E-state index in [1.807, 2.05) is 0 Å². The summed E-state index contributed by atoms with van der Waals surface area (Å²) in [5.41, 5.74) is 1.47. The van der Waals surface area contributed by atoms with Gasteiger partial charge in [0.05, 0.1) is 0 Å². The van der Waals surface area contributed by atoms with E-state index in [4.69, 9.17) is 0 Å². The Morgan fingerprint density at radius 1 is 1.05 bits per heavy atom. The molecule has 1 saturated heterocycles. The van der Waals surface area contributed by atoms with Gasteiger partial charge in [-0.3, -0.25) is 0 Å². The third-order valence-corrected chi connectivity index (χ3v) is 4.45. The molecular formula is C18H30N2. The van der Waals surface area contributed by atoms with Crippen molar-refractivity contribution in [3.8, 4) is 0 Å². The highest BCUT2D eigenvalue weighted by Gasteiger charge is 2.15. The van der Waals surface area contributed by atoms with Crippen molar-refractivity contribution in [1.29, 1.82) is 0 Å². The van der Waals surface area contributed by atoms with E-state index < -0.39 is 0 Å². The summed E-state index contributed by atoms with van der Waals surface area (Å²) in [5.74, 6) is 1.30. The molecule has 2 nitrogen and oxygen atoms in total. The molecule has 1 aliphatic heterocycles.